The lowest BCUT2D eigenvalue weighted by Crippen LogP contribution is -2.18. The fourth-order valence-electron chi connectivity index (χ4n) is 2.77. The molecule has 2 aromatic carbocycles. The molecule has 0 saturated carbocycles. The van der Waals surface area contributed by atoms with Gasteiger partial charge in [0.15, 0.2) is 0 Å². The Hall–Kier alpha value is -3.82. The minimum absolute atomic E-state index is 0.0302. The summed E-state index contributed by atoms with van der Waals surface area (Å²) >= 11 is 0. The molecule has 4 N–H and O–H groups in total. The number of nitrogen functional groups attached to an aromatic ring is 1. The second kappa shape index (κ2) is 9.54. The molecule has 0 bridgehead atoms. The Balaban J connectivity index is 1.96. The average molecular weight is 445 g/mol. The van der Waals surface area contributed by atoms with Crippen LogP contribution < -0.4 is 21.1 Å². The molecule has 0 spiro atoms. The Morgan fingerprint density at radius 2 is 1.88 bits per heavy atom. The van der Waals surface area contributed by atoms with Gasteiger partial charge in [-0.2, -0.15) is 4.98 Å². The van der Waals surface area contributed by atoms with Crippen molar-refractivity contribution >= 4 is 23.4 Å². The number of rotatable bonds is 7. The van der Waals surface area contributed by atoms with Gasteiger partial charge in [0.2, 0.25) is 5.95 Å². The molecule has 7 nitrogen and oxygen atoms in total. The second-order valence-corrected chi connectivity index (χ2v) is 7.07. The lowest BCUT2D eigenvalue weighted by Gasteiger charge is -2.15. The fraction of sp³-hybridized carbons (Fsp3) is 0.227. The quantitative estimate of drug-likeness (QED) is 0.438. The Morgan fingerprint density at radius 1 is 1.12 bits per heavy atom. The van der Waals surface area contributed by atoms with Gasteiger partial charge in [0, 0.05) is 28.9 Å². The highest BCUT2D eigenvalue weighted by molar-refractivity contribution is 6.04. The first kappa shape index (κ1) is 22.9. The third kappa shape index (κ3) is 6.34. The van der Waals surface area contributed by atoms with Crippen molar-refractivity contribution in [2.75, 3.05) is 16.4 Å². The Labute approximate surface area is 182 Å². The van der Waals surface area contributed by atoms with Gasteiger partial charge in [-0.1, -0.05) is 25.1 Å². The van der Waals surface area contributed by atoms with Crippen LogP contribution in [0.1, 0.15) is 30.6 Å². The minimum Gasteiger partial charge on any atom is -0.406 e. The zero-order valence-electron chi connectivity index (χ0n) is 17.4. The van der Waals surface area contributed by atoms with Gasteiger partial charge in [0.1, 0.15) is 11.6 Å². The predicted molar refractivity (Wildman–Crippen MR) is 116 cm³/mol. The Morgan fingerprint density at radius 3 is 2.56 bits per heavy atom. The molecule has 0 unspecified atom stereocenters. The number of carbonyl (C=O) groups is 1. The summed E-state index contributed by atoms with van der Waals surface area (Å²) in [6, 6.07) is 13.3. The lowest BCUT2D eigenvalue weighted by molar-refractivity contribution is -0.274. The number of nitrogens with zero attached hydrogens (tertiary/aromatic N) is 2. The van der Waals surface area contributed by atoms with Crippen LogP contribution >= 0.6 is 0 Å². The van der Waals surface area contributed by atoms with E-state index < -0.39 is 12.3 Å². The van der Waals surface area contributed by atoms with Crippen LogP contribution in [0.3, 0.4) is 0 Å². The fourth-order valence-corrected chi connectivity index (χ4v) is 2.77. The standard InChI is InChI=1S/C22H22F3N5O2/c1-3-13(2)27-21-28-18(14-6-5-9-17(11-14)32-22(23,24)25)12-19(30-21)29-20(31)15-7-4-8-16(26)10-15/h4-13H,3,26H2,1-2H3,(H2,27,28,29,30,31)/t13-/m0/s1. The maximum atomic E-state index is 12.6. The monoisotopic (exact) mass is 445 g/mol. The van der Waals surface area contributed by atoms with Gasteiger partial charge in [-0.15, -0.1) is 13.2 Å². The van der Waals surface area contributed by atoms with Crippen LogP contribution in [0.4, 0.5) is 30.6 Å². The zero-order valence-corrected chi connectivity index (χ0v) is 17.4. The van der Waals surface area contributed by atoms with Crippen molar-refractivity contribution in [3.63, 3.8) is 0 Å². The van der Waals surface area contributed by atoms with Crippen LogP contribution in [-0.4, -0.2) is 28.3 Å². The second-order valence-electron chi connectivity index (χ2n) is 7.07. The van der Waals surface area contributed by atoms with Crippen molar-refractivity contribution in [2.24, 2.45) is 0 Å². The zero-order chi connectivity index (χ0) is 23.3. The van der Waals surface area contributed by atoms with Gasteiger partial charge < -0.3 is 21.1 Å². The topological polar surface area (TPSA) is 102 Å². The van der Waals surface area contributed by atoms with Gasteiger partial charge in [-0.25, -0.2) is 4.98 Å². The van der Waals surface area contributed by atoms with Gasteiger partial charge in [0.25, 0.3) is 5.91 Å². The molecule has 0 aliphatic carbocycles. The molecule has 3 aromatic rings. The summed E-state index contributed by atoms with van der Waals surface area (Å²) in [5, 5.41) is 5.80. The van der Waals surface area contributed by atoms with E-state index in [0.29, 0.717) is 22.5 Å². The van der Waals surface area contributed by atoms with E-state index in [4.69, 9.17) is 5.73 Å². The number of nitrogens with one attached hydrogen (secondary N) is 2. The van der Waals surface area contributed by atoms with E-state index in [9.17, 15) is 18.0 Å². The minimum atomic E-state index is -4.82. The van der Waals surface area contributed by atoms with Crippen molar-refractivity contribution in [1.82, 2.24) is 9.97 Å². The maximum Gasteiger partial charge on any atom is 0.573 e. The normalized spacial score (nSPS) is 12.2. The number of hydrogen-bond donors (Lipinski definition) is 3. The first-order valence-corrected chi connectivity index (χ1v) is 9.81. The predicted octanol–water partition coefficient (Wildman–Crippen LogP) is 5.09. The van der Waals surface area contributed by atoms with Crippen LogP contribution in [0.25, 0.3) is 11.3 Å². The third-order valence-corrected chi connectivity index (χ3v) is 4.47. The summed E-state index contributed by atoms with van der Waals surface area (Å²) < 4.78 is 41.8. The molecule has 32 heavy (non-hydrogen) atoms. The summed E-state index contributed by atoms with van der Waals surface area (Å²) in [6.07, 6.45) is -4.03. The molecule has 3 rings (SSSR count). The van der Waals surface area contributed by atoms with Crippen molar-refractivity contribution in [1.29, 1.82) is 0 Å². The van der Waals surface area contributed by atoms with E-state index in [1.54, 1.807) is 24.3 Å². The highest BCUT2D eigenvalue weighted by Gasteiger charge is 2.31. The van der Waals surface area contributed by atoms with Crippen molar-refractivity contribution in [3.05, 3.63) is 60.2 Å². The SMILES string of the molecule is CC[C@H](C)Nc1nc(NC(=O)c2cccc(N)c2)cc(-c2cccc(OC(F)(F)F)c2)n1. The molecule has 1 heterocycles. The summed E-state index contributed by atoms with van der Waals surface area (Å²) in [7, 11) is 0. The number of anilines is 3. The van der Waals surface area contributed by atoms with Crippen LogP contribution in [0.2, 0.25) is 0 Å². The molecule has 168 valence electrons. The highest BCUT2D eigenvalue weighted by atomic mass is 19.4. The number of halogens is 3. The van der Waals surface area contributed by atoms with E-state index in [1.165, 1.54) is 30.3 Å². The lowest BCUT2D eigenvalue weighted by atomic mass is 10.1. The van der Waals surface area contributed by atoms with Gasteiger partial charge in [0.05, 0.1) is 5.69 Å². The van der Waals surface area contributed by atoms with E-state index in [2.05, 4.69) is 25.3 Å². The molecule has 0 fully saturated rings. The molecular formula is C22H22F3N5O2. The van der Waals surface area contributed by atoms with E-state index in [-0.39, 0.29) is 23.6 Å². The van der Waals surface area contributed by atoms with Crippen molar-refractivity contribution in [3.8, 4) is 17.0 Å². The smallest absolute Gasteiger partial charge is 0.406 e. The van der Waals surface area contributed by atoms with E-state index >= 15 is 0 Å². The number of benzene rings is 2. The number of amides is 1. The summed E-state index contributed by atoms with van der Waals surface area (Å²) in [6.45, 7) is 3.90. The third-order valence-electron chi connectivity index (χ3n) is 4.47. The van der Waals surface area contributed by atoms with Crippen LogP contribution in [-0.2, 0) is 0 Å². The van der Waals surface area contributed by atoms with E-state index in [1.807, 2.05) is 13.8 Å². The Kier molecular flexibility index (Phi) is 6.82. The van der Waals surface area contributed by atoms with E-state index in [0.717, 1.165) is 6.42 Å². The summed E-state index contributed by atoms with van der Waals surface area (Å²) in [5.41, 5.74) is 7.17. The molecule has 1 atom stereocenters. The maximum absolute atomic E-state index is 12.6. The number of alkyl halides is 3. The van der Waals surface area contributed by atoms with Crippen LogP contribution in [0.15, 0.2) is 54.6 Å². The highest BCUT2D eigenvalue weighted by Crippen LogP contribution is 2.29. The number of ether oxygens (including phenoxy) is 1. The largest absolute Gasteiger partial charge is 0.573 e. The number of carbonyl (C=O) groups excluding carboxylic acids is 1. The average Bonchev–Trinajstić information content (AvgIpc) is 2.72. The summed E-state index contributed by atoms with van der Waals surface area (Å²) in [4.78, 5) is 21.3. The molecular weight excluding hydrogens is 423 g/mol. The first-order chi connectivity index (χ1) is 15.1. The number of aromatic nitrogens is 2. The first-order valence-electron chi connectivity index (χ1n) is 9.81. The molecule has 1 amide bonds. The number of hydrogen-bond acceptors (Lipinski definition) is 6. The molecule has 1 aromatic heterocycles. The van der Waals surface area contributed by atoms with Crippen LogP contribution in [0.5, 0.6) is 5.75 Å². The van der Waals surface area contributed by atoms with Gasteiger partial charge in [-0.05, 0) is 43.7 Å². The molecule has 0 saturated heterocycles. The molecule has 10 heteroatoms. The van der Waals surface area contributed by atoms with Gasteiger partial charge >= 0.3 is 6.36 Å². The molecule has 0 aliphatic heterocycles. The Bertz CT molecular complexity index is 1100. The van der Waals surface area contributed by atoms with Crippen LogP contribution in [0, 0.1) is 0 Å². The van der Waals surface area contributed by atoms with Crippen molar-refractivity contribution in [2.45, 2.75) is 32.7 Å². The molecule has 0 radical (unpaired) electrons. The van der Waals surface area contributed by atoms with Gasteiger partial charge in [-0.3, -0.25) is 4.79 Å². The number of nitrogens with two attached hydrogens (primary N) is 1. The molecule has 0 aliphatic rings. The van der Waals surface area contributed by atoms with Crippen molar-refractivity contribution < 1.29 is 22.7 Å². The summed E-state index contributed by atoms with van der Waals surface area (Å²) in [5.74, 6) is -0.418.